The van der Waals surface area contributed by atoms with Gasteiger partial charge in [-0.2, -0.15) is 5.10 Å². The summed E-state index contributed by atoms with van der Waals surface area (Å²) in [5.74, 6) is -1.65. The summed E-state index contributed by atoms with van der Waals surface area (Å²) in [6.45, 7) is 6.72. The van der Waals surface area contributed by atoms with Crippen molar-refractivity contribution in [3.05, 3.63) is 39.9 Å². The first-order chi connectivity index (χ1) is 18.9. The van der Waals surface area contributed by atoms with Crippen LogP contribution in [-0.4, -0.2) is 69.1 Å². The monoisotopic (exact) mass is 598 g/mol. The Balaban J connectivity index is 2.08. The van der Waals surface area contributed by atoms with E-state index >= 15 is 0 Å². The van der Waals surface area contributed by atoms with Crippen LogP contribution in [0.2, 0.25) is 5.02 Å². The summed E-state index contributed by atoms with van der Waals surface area (Å²) in [6, 6.07) is 5.84. The molecule has 3 rings (SSSR count). The molecule has 1 aromatic heterocycles. The molecule has 0 bridgehead atoms. The smallest absolute Gasteiger partial charge is 0.303 e. The normalized spacial score (nSPS) is 22.2. The molecule has 0 unspecified atom stereocenters. The Labute approximate surface area is 240 Å². The number of nitrogens with zero attached hydrogens (tertiary/aromatic N) is 3. The lowest BCUT2D eigenvalue weighted by Gasteiger charge is -2.45. The molecule has 1 N–H and O–H groups in total. The first-order valence-electron chi connectivity index (χ1n) is 12.4. The number of carbonyl (C=O) groups is 4. The van der Waals surface area contributed by atoms with Crippen LogP contribution in [0.25, 0.3) is 0 Å². The maximum Gasteiger partial charge on any atom is 0.303 e. The van der Waals surface area contributed by atoms with Gasteiger partial charge in [-0.15, -0.1) is 0 Å². The summed E-state index contributed by atoms with van der Waals surface area (Å²) in [7, 11) is 0. The Morgan fingerprint density at radius 2 is 1.70 bits per heavy atom. The molecule has 13 nitrogen and oxygen atoms in total. The number of carbonyl (C=O) groups excluding carboxylic acids is 4. The average molecular weight is 599 g/mol. The van der Waals surface area contributed by atoms with Gasteiger partial charge in [0.1, 0.15) is 31.1 Å². The maximum atomic E-state index is 12.3. The van der Waals surface area contributed by atoms with Crippen molar-refractivity contribution in [3.8, 4) is 5.75 Å². The summed E-state index contributed by atoms with van der Waals surface area (Å²) in [5.41, 5.74) is 0. The number of hydrogen-bond donors (Lipinski definition) is 1. The van der Waals surface area contributed by atoms with Crippen LogP contribution in [0.5, 0.6) is 5.75 Å². The van der Waals surface area contributed by atoms with E-state index < -0.39 is 54.4 Å². The largest absolute Gasteiger partial charge is 0.484 e. The second kappa shape index (κ2) is 13.7. The Hall–Kier alpha value is -3.49. The molecule has 0 aliphatic carbocycles. The predicted octanol–water partition coefficient (Wildman–Crippen LogP) is 2.49. The van der Waals surface area contributed by atoms with Crippen LogP contribution in [0.1, 0.15) is 46.7 Å². The number of ether oxygens (including phenoxy) is 5. The van der Waals surface area contributed by atoms with Gasteiger partial charge in [-0.1, -0.05) is 23.7 Å². The summed E-state index contributed by atoms with van der Waals surface area (Å²) in [6.07, 6.45) is -4.76. The van der Waals surface area contributed by atoms with E-state index in [0.717, 1.165) is 6.92 Å². The van der Waals surface area contributed by atoms with Gasteiger partial charge in [-0.25, -0.2) is 4.68 Å². The topological polar surface area (TPSA) is 149 Å². The second-order valence-corrected chi connectivity index (χ2v) is 9.62. The van der Waals surface area contributed by atoms with Crippen molar-refractivity contribution in [2.75, 3.05) is 6.61 Å². The molecule has 2 aromatic rings. The maximum absolute atomic E-state index is 12.3. The fourth-order valence-corrected chi connectivity index (χ4v) is 4.84. The van der Waals surface area contributed by atoms with Crippen molar-refractivity contribution in [3.63, 3.8) is 0 Å². The number of aromatic nitrogens is 3. The Kier molecular flexibility index (Phi) is 10.7. The number of amides is 1. The van der Waals surface area contributed by atoms with Gasteiger partial charge < -0.3 is 33.6 Å². The lowest BCUT2D eigenvalue weighted by atomic mass is 9.95. The molecule has 1 fully saturated rings. The Morgan fingerprint density at radius 1 is 1.05 bits per heavy atom. The van der Waals surface area contributed by atoms with Gasteiger partial charge in [-0.05, 0) is 31.3 Å². The molecule has 1 aliphatic heterocycles. The number of hydrogen-bond acceptors (Lipinski definition) is 11. The minimum Gasteiger partial charge on any atom is -0.484 e. The minimum absolute atomic E-state index is 0.00788. The molecule has 1 amide bonds. The molecule has 0 spiro atoms. The number of esters is 3. The van der Waals surface area contributed by atoms with Crippen molar-refractivity contribution in [1.29, 1.82) is 0 Å². The highest BCUT2D eigenvalue weighted by molar-refractivity contribution is 7.71. The predicted molar refractivity (Wildman–Crippen MR) is 142 cm³/mol. The van der Waals surface area contributed by atoms with E-state index in [4.69, 9.17) is 47.5 Å². The van der Waals surface area contributed by atoms with Crippen LogP contribution in [0, 0.1) is 4.77 Å². The second-order valence-electron chi connectivity index (χ2n) is 8.85. The molecule has 0 saturated carbocycles. The van der Waals surface area contributed by atoms with E-state index in [0.29, 0.717) is 23.1 Å². The lowest BCUT2D eigenvalue weighted by molar-refractivity contribution is -0.239. The third-order valence-electron chi connectivity index (χ3n) is 5.80. The summed E-state index contributed by atoms with van der Waals surface area (Å²) >= 11 is 11.9. The van der Waals surface area contributed by atoms with E-state index in [1.165, 1.54) is 25.5 Å². The van der Waals surface area contributed by atoms with Crippen molar-refractivity contribution < 1.29 is 42.9 Å². The minimum atomic E-state index is -1.25. The van der Waals surface area contributed by atoms with Crippen LogP contribution in [0.4, 0.5) is 0 Å². The third kappa shape index (κ3) is 7.58. The van der Waals surface area contributed by atoms with Crippen LogP contribution < -0.4 is 10.1 Å². The van der Waals surface area contributed by atoms with Crippen molar-refractivity contribution in [1.82, 2.24) is 19.7 Å². The van der Waals surface area contributed by atoms with Crippen LogP contribution >= 0.6 is 23.8 Å². The van der Waals surface area contributed by atoms with Gasteiger partial charge in [-0.3, -0.25) is 19.2 Å². The van der Waals surface area contributed by atoms with Gasteiger partial charge >= 0.3 is 17.9 Å². The highest BCUT2D eigenvalue weighted by atomic mass is 35.5. The summed E-state index contributed by atoms with van der Waals surface area (Å²) in [4.78, 5) is 48.0. The van der Waals surface area contributed by atoms with Crippen LogP contribution in [0.15, 0.2) is 24.3 Å². The SMILES string of the molecule is CCn1c(COc2ccccc2Cl)nn([C@@H]2O[C@H](COC(C)=O)[C@@H](OC(C)=O)[C@H](OC(C)=O)[C@H]2NC(C)=O)c1=S. The highest BCUT2D eigenvalue weighted by Gasteiger charge is 2.52. The lowest BCUT2D eigenvalue weighted by Crippen LogP contribution is -2.64. The molecule has 40 heavy (non-hydrogen) atoms. The molecule has 218 valence electrons. The van der Waals surface area contributed by atoms with E-state index in [-0.39, 0.29) is 18.0 Å². The third-order valence-corrected chi connectivity index (χ3v) is 6.52. The molecule has 1 aromatic carbocycles. The fraction of sp³-hybridized carbons (Fsp3) is 0.520. The van der Waals surface area contributed by atoms with E-state index in [9.17, 15) is 19.2 Å². The van der Waals surface area contributed by atoms with Gasteiger partial charge in [0, 0.05) is 34.2 Å². The first-order valence-corrected chi connectivity index (χ1v) is 13.2. The molecular weight excluding hydrogens is 568 g/mol. The molecular formula is C25H31ClN4O9S. The average Bonchev–Trinajstić information content (AvgIpc) is 3.18. The number of benzene rings is 1. The zero-order valence-corrected chi connectivity index (χ0v) is 24.2. The molecule has 0 radical (unpaired) electrons. The zero-order chi connectivity index (χ0) is 29.6. The quantitative estimate of drug-likeness (QED) is 0.244. The van der Waals surface area contributed by atoms with Crippen molar-refractivity contribution >= 4 is 47.6 Å². The van der Waals surface area contributed by atoms with Crippen molar-refractivity contribution in [2.24, 2.45) is 0 Å². The van der Waals surface area contributed by atoms with Gasteiger partial charge in [0.05, 0.1) is 5.02 Å². The zero-order valence-electron chi connectivity index (χ0n) is 22.6. The van der Waals surface area contributed by atoms with Gasteiger partial charge in [0.2, 0.25) is 5.91 Å². The van der Waals surface area contributed by atoms with E-state index in [2.05, 4.69) is 10.4 Å². The van der Waals surface area contributed by atoms with Gasteiger partial charge in [0.25, 0.3) is 0 Å². The number of halogens is 1. The molecule has 5 atom stereocenters. The highest BCUT2D eigenvalue weighted by Crippen LogP contribution is 2.33. The standard InChI is InChI=1S/C25H31ClN4O9S/c1-6-29-20(12-36-18-10-8-7-9-17(18)26)28-30(25(29)40)24-21(27-13(2)31)23(38-16(5)34)22(37-15(4)33)19(39-24)11-35-14(3)32/h7-10,19,21-24H,6,11-12H2,1-5H3,(H,27,31)/t19-,21-,22-,23-,24-/m1/s1. The fourth-order valence-electron chi connectivity index (χ4n) is 4.27. The molecule has 15 heteroatoms. The Morgan fingerprint density at radius 3 is 2.27 bits per heavy atom. The summed E-state index contributed by atoms with van der Waals surface area (Å²) in [5, 5.41) is 7.73. The first kappa shape index (κ1) is 31.0. The van der Waals surface area contributed by atoms with E-state index in [1.807, 2.05) is 6.92 Å². The van der Waals surface area contributed by atoms with Crippen LogP contribution in [0.3, 0.4) is 0 Å². The number of nitrogens with one attached hydrogen (secondary N) is 1. The number of para-hydroxylation sites is 1. The van der Waals surface area contributed by atoms with E-state index in [1.54, 1.807) is 28.8 Å². The van der Waals surface area contributed by atoms with Crippen molar-refractivity contribution in [2.45, 2.75) is 78.4 Å². The summed E-state index contributed by atoms with van der Waals surface area (Å²) < 4.78 is 31.5. The Bertz CT molecular complexity index is 1310. The van der Waals surface area contributed by atoms with Crippen LogP contribution in [-0.2, 0) is 51.3 Å². The number of rotatable bonds is 10. The van der Waals surface area contributed by atoms with Gasteiger partial charge in [0.15, 0.2) is 29.0 Å². The molecule has 1 aliphatic rings. The molecule has 1 saturated heterocycles. The molecule has 2 heterocycles.